The molecule has 0 aromatic carbocycles. The van der Waals surface area contributed by atoms with Crippen LogP contribution in [0.5, 0.6) is 0 Å². The summed E-state index contributed by atoms with van der Waals surface area (Å²) < 4.78 is 22.7. The zero-order valence-electron chi connectivity index (χ0n) is 54.9. The van der Waals surface area contributed by atoms with Crippen LogP contribution in [0, 0.1) is 0 Å². The molecule has 9 heteroatoms. The molecule has 0 aliphatic rings. The van der Waals surface area contributed by atoms with Gasteiger partial charge in [0, 0.05) is 12.8 Å². The zero-order chi connectivity index (χ0) is 61.9. The van der Waals surface area contributed by atoms with E-state index in [-0.39, 0.29) is 38.6 Å². The fraction of sp³-hybridized carbons (Fsp3) is 0.645. The average molecular weight is 1180 g/mol. The van der Waals surface area contributed by atoms with Gasteiger partial charge in [0.1, 0.15) is 13.2 Å². The Hall–Kier alpha value is -4.83. The Kier molecular flexibility index (Phi) is 61.4. The van der Waals surface area contributed by atoms with Crippen molar-refractivity contribution in [3.8, 4) is 0 Å². The van der Waals surface area contributed by atoms with Crippen molar-refractivity contribution >= 4 is 17.9 Å². The number of hydrogen-bond donors (Lipinski definition) is 0. The van der Waals surface area contributed by atoms with Crippen LogP contribution in [0.2, 0.25) is 0 Å². The van der Waals surface area contributed by atoms with Gasteiger partial charge in [-0.1, -0.05) is 269 Å². The molecular formula is C76H125NO8. The van der Waals surface area contributed by atoms with E-state index < -0.39 is 24.3 Å². The Morgan fingerprint density at radius 2 is 0.671 bits per heavy atom. The predicted molar refractivity (Wildman–Crippen MR) is 361 cm³/mol. The number of allylic oxidation sites excluding steroid dienone is 24. The fourth-order valence-corrected chi connectivity index (χ4v) is 8.89. The maximum atomic E-state index is 12.9. The van der Waals surface area contributed by atoms with Crippen LogP contribution in [0.3, 0.4) is 0 Å². The van der Waals surface area contributed by atoms with Crippen LogP contribution >= 0.6 is 0 Å². The molecule has 482 valence electrons. The highest BCUT2D eigenvalue weighted by Gasteiger charge is 2.22. The molecule has 0 heterocycles. The number of carboxylic acids is 1. The number of carbonyl (C=O) groups is 3. The Morgan fingerprint density at radius 1 is 0.365 bits per heavy atom. The first kappa shape index (κ1) is 80.2. The summed E-state index contributed by atoms with van der Waals surface area (Å²) in [5.74, 6) is -2.32. The molecule has 0 amide bonds. The minimum Gasteiger partial charge on any atom is -0.545 e. The van der Waals surface area contributed by atoms with Crippen molar-refractivity contribution in [2.45, 2.75) is 270 Å². The van der Waals surface area contributed by atoms with Crippen molar-refractivity contribution < 1.29 is 42.9 Å². The molecule has 0 spiro atoms. The molecule has 9 nitrogen and oxygen atoms in total. The molecule has 0 saturated heterocycles. The van der Waals surface area contributed by atoms with Crippen LogP contribution in [0.15, 0.2) is 146 Å². The van der Waals surface area contributed by atoms with Crippen molar-refractivity contribution in [2.75, 3.05) is 47.5 Å². The highest BCUT2D eigenvalue weighted by molar-refractivity contribution is 5.70. The fourth-order valence-electron chi connectivity index (χ4n) is 8.89. The van der Waals surface area contributed by atoms with E-state index in [1.807, 2.05) is 21.1 Å². The third-order valence-electron chi connectivity index (χ3n) is 14.1. The molecule has 2 atom stereocenters. The van der Waals surface area contributed by atoms with Gasteiger partial charge in [0.05, 0.1) is 40.3 Å². The van der Waals surface area contributed by atoms with Crippen LogP contribution in [0.25, 0.3) is 0 Å². The number of hydrogen-bond acceptors (Lipinski definition) is 8. The van der Waals surface area contributed by atoms with Crippen LogP contribution in [-0.2, 0) is 33.3 Å². The Bertz CT molecular complexity index is 1900. The van der Waals surface area contributed by atoms with Crippen molar-refractivity contribution in [1.82, 2.24) is 0 Å². The number of likely N-dealkylation sites (N-methyl/N-ethyl adjacent to an activating group) is 1. The highest BCUT2D eigenvalue weighted by atomic mass is 16.7. The predicted octanol–water partition coefficient (Wildman–Crippen LogP) is 19.8. The maximum Gasteiger partial charge on any atom is 0.306 e. The molecule has 0 saturated carbocycles. The van der Waals surface area contributed by atoms with Gasteiger partial charge >= 0.3 is 11.9 Å². The summed E-state index contributed by atoms with van der Waals surface area (Å²) >= 11 is 0. The number of carbonyl (C=O) groups excluding carboxylic acids is 3. The van der Waals surface area contributed by atoms with Crippen LogP contribution in [-0.4, -0.2) is 82.3 Å². The Morgan fingerprint density at radius 3 is 1.00 bits per heavy atom. The van der Waals surface area contributed by atoms with Gasteiger partial charge in [-0.15, -0.1) is 0 Å². The van der Waals surface area contributed by atoms with E-state index in [1.54, 1.807) is 0 Å². The number of quaternary nitrogens is 1. The summed E-state index contributed by atoms with van der Waals surface area (Å²) in [5.41, 5.74) is 0. The molecule has 0 aliphatic heterocycles. The van der Waals surface area contributed by atoms with Crippen molar-refractivity contribution in [1.29, 1.82) is 0 Å². The van der Waals surface area contributed by atoms with Crippen LogP contribution in [0.4, 0.5) is 0 Å². The molecule has 0 radical (unpaired) electrons. The van der Waals surface area contributed by atoms with Gasteiger partial charge in [-0.25, -0.2) is 0 Å². The van der Waals surface area contributed by atoms with Gasteiger partial charge in [0.15, 0.2) is 12.4 Å². The summed E-state index contributed by atoms with van der Waals surface area (Å²) in [7, 11) is 5.91. The number of unbranched alkanes of at least 4 members (excludes halogenated alkanes) is 22. The molecule has 0 fully saturated rings. The molecule has 0 N–H and O–H groups in total. The summed E-state index contributed by atoms with van der Waals surface area (Å²) in [6.45, 7) is 4.59. The Balaban J connectivity index is 4.26. The molecule has 0 aromatic heterocycles. The number of ether oxygens (including phenoxy) is 4. The Labute approximate surface area is 522 Å². The monoisotopic (exact) mass is 1180 g/mol. The van der Waals surface area contributed by atoms with Gasteiger partial charge in [0.25, 0.3) is 0 Å². The minimum absolute atomic E-state index is 0.135. The van der Waals surface area contributed by atoms with E-state index in [9.17, 15) is 19.5 Å². The van der Waals surface area contributed by atoms with E-state index in [0.29, 0.717) is 17.4 Å². The molecule has 2 unspecified atom stereocenters. The van der Waals surface area contributed by atoms with E-state index in [4.69, 9.17) is 18.9 Å². The second-order valence-electron chi connectivity index (χ2n) is 23.4. The SMILES string of the molecule is CC/C=C\C/C=C\C/C=C\C/C=C\C/C=C\C/C=C\C/C=C\C/C=C\C/C=C\CCCCCCCC(=O)OC(COC(=O)CCCCCCCCCCCCCC/C=C\C/C=C\C/C=C\CCCCCCC)COC(OCC[N+](C)(C)C)C(=O)[O-]. The first-order valence-corrected chi connectivity index (χ1v) is 34.0. The number of rotatable bonds is 61. The molecule has 0 rings (SSSR count). The van der Waals surface area contributed by atoms with Crippen LogP contribution in [0.1, 0.15) is 258 Å². The summed E-state index contributed by atoms with van der Waals surface area (Å²) in [5, 5.41) is 11.8. The van der Waals surface area contributed by atoms with Crippen molar-refractivity contribution in [3.05, 3.63) is 146 Å². The van der Waals surface area contributed by atoms with E-state index in [0.717, 1.165) is 122 Å². The molecule has 0 aliphatic carbocycles. The first-order valence-electron chi connectivity index (χ1n) is 34.0. The lowest BCUT2D eigenvalue weighted by Crippen LogP contribution is -2.44. The zero-order valence-corrected chi connectivity index (χ0v) is 54.9. The lowest BCUT2D eigenvalue weighted by Gasteiger charge is -2.26. The average Bonchev–Trinajstić information content (AvgIpc) is 3.49. The minimum atomic E-state index is -1.64. The van der Waals surface area contributed by atoms with Crippen LogP contribution < -0.4 is 5.11 Å². The number of nitrogens with zero attached hydrogens (tertiary/aromatic N) is 1. The normalized spacial score (nSPS) is 13.7. The van der Waals surface area contributed by atoms with Gasteiger partial charge in [-0.2, -0.15) is 0 Å². The van der Waals surface area contributed by atoms with Crippen molar-refractivity contribution in [3.63, 3.8) is 0 Å². The number of aliphatic carboxylic acids is 1. The van der Waals surface area contributed by atoms with Gasteiger partial charge in [-0.05, 0) is 122 Å². The quantitative estimate of drug-likeness (QED) is 0.0195. The largest absolute Gasteiger partial charge is 0.545 e. The maximum absolute atomic E-state index is 12.9. The van der Waals surface area contributed by atoms with Crippen molar-refractivity contribution in [2.24, 2.45) is 0 Å². The second kappa shape index (κ2) is 65.2. The molecule has 85 heavy (non-hydrogen) atoms. The molecular weight excluding hydrogens is 1050 g/mol. The number of carboxylic acid groups (broad SMARTS) is 1. The highest BCUT2D eigenvalue weighted by Crippen LogP contribution is 2.15. The summed E-state index contributed by atoms with van der Waals surface area (Å²) in [4.78, 5) is 37.5. The standard InChI is InChI=1S/C76H125NO8/c1-6-8-10-12-14-16-18-20-22-24-26-28-30-32-34-35-36-37-38-39-41-43-45-47-49-51-53-55-57-59-61-63-65-67-74(79)85-72(71-84-76(75(80)81)82-69-68-77(3,4)5)70-83-73(78)66-64-62-60-58-56-54-52-50-48-46-44-42-40-33-31-29-27-25-23-21-19-17-15-13-11-9-7-2/h8,10,14,16,19-22,25-28,31-34,36-37,39,41,45,47,51,53,72,76H,6-7,9,11-13,15,17-18,23-24,29-30,35,38,40,42-44,46,48-50,52,54-71H2,1-5H3/b10-8-,16-14-,21-19-,22-20-,27-25-,28-26-,33-31-,34-32-,37-36-,41-39-,47-45-,53-51-. The summed E-state index contributed by atoms with van der Waals surface area (Å²) in [6, 6.07) is 0. The summed E-state index contributed by atoms with van der Waals surface area (Å²) in [6.07, 6.45) is 92.0. The topological polar surface area (TPSA) is 111 Å². The van der Waals surface area contributed by atoms with Gasteiger partial charge in [-0.3, -0.25) is 9.59 Å². The van der Waals surface area contributed by atoms with E-state index in [1.165, 1.54) is 103 Å². The third kappa shape index (κ3) is 66.5. The molecule has 0 bridgehead atoms. The lowest BCUT2D eigenvalue weighted by molar-refractivity contribution is -0.870. The second-order valence-corrected chi connectivity index (χ2v) is 23.4. The smallest absolute Gasteiger partial charge is 0.306 e. The van der Waals surface area contributed by atoms with Gasteiger partial charge in [0.2, 0.25) is 0 Å². The third-order valence-corrected chi connectivity index (χ3v) is 14.1. The lowest BCUT2D eigenvalue weighted by atomic mass is 10.0. The van der Waals surface area contributed by atoms with E-state index >= 15 is 0 Å². The first-order chi connectivity index (χ1) is 41.6. The van der Waals surface area contributed by atoms with Gasteiger partial charge < -0.3 is 33.3 Å². The van der Waals surface area contributed by atoms with E-state index in [2.05, 4.69) is 160 Å². The number of esters is 2. The molecule has 0 aromatic rings.